The second-order valence-corrected chi connectivity index (χ2v) is 3.65. The molecule has 1 aromatic carbocycles. The molecule has 0 radical (unpaired) electrons. The van der Waals surface area contributed by atoms with Crippen LogP contribution in [0.5, 0.6) is 0 Å². The van der Waals surface area contributed by atoms with Crippen LogP contribution >= 0.6 is 0 Å². The van der Waals surface area contributed by atoms with Gasteiger partial charge in [-0.2, -0.15) is 0 Å². The first-order valence-electron chi connectivity index (χ1n) is 5.30. The standard InChI is InChI=1S/C13H12FNO2/c14-12-3-1-2-10(8-12)4-6-15-13(16)11-5-7-17-9-11/h1-3,5,7-9H,4,6H2,(H,15,16). The van der Waals surface area contributed by atoms with Gasteiger partial charge in [-0.25, -0.2) is 4.39 Å². The molecule has 3 nitrogen and oxygen atoms in total. The van der Waals surface area contributed by atoms with Gasteiger partial charge in [0.05, 0.1) is 11.8 Å². The van der Waals surface area contributed by atoms with Crippen molar-refractivity contribution in [3.8, 4) is 0 Å². The topological polar surface area (TPSA) is 42.2 Å². The number of furan rings is 1. The van der Waals surface area contributed by atoms with E-state index in [0.717, 1.165) is 5.56 Å². The summed E-state index contributed by atoms with van der Waals surface area (Å²) in [4.78, 5) is 11.5. The minimum Gasteiger partial charge on any atom is -0.472 e. The number of amides is 1. The molecule has 2 aromatic rings. The third kappa shape index (κ3) is 3.17. The van der Waals surface area contributed by atoms with Crippen molar-refractivity contribution in [3.05, 3.63) is 59.8 Å². The van der Waals surface area contributed by atoms with Crippen LogP contribution in [0.4, 0.5) is 4.39 Å². The maximum atomic E-state index is 12.9. The van der Waals surface area contributed by atoms with Gasteiger partial charge in [-0.3, -0.25) is 4.79 Å². The molecule has 0 spiro atoms. The number of benzene rings is 1. The molecular formula is C13H12FNO2. The second-order valence-electron chi connectivity index (χ2n) is 3.65. The number of rotatable bonds is 4. The van der Waals surface area contributed by atoms with E-state index in [-0.39, 0.29) is 11.7 Å². The molecule has 0 aliphatic heterocycles. The van der Waals surface area contributed by atoms with Crippen molar-refractivity contribution in [2.24, 2.45) is 0 Å². The molecule has 0 bridgehead atoms. The number of hydrogen-bond acceptors (Lipinski definition) is 2. The minimum atomic E-state index is -0.260. The summed E-state index contributed by atoms with van der Waals surface area (Å²) < 4.78 is 17.7. The van der Waals surface area contributed by atoms with E-state index < -0.39 is 0 Å². The van der Waals surface area contributed by atoms with Gasteiger partial charge in [0.15, 0.2) is 0 Å². The summed E-state index contributed by atoms with van der Waals surface area (Å²) in [5.41, 5.74) is 1.35. The average Bonchev–Trinajstić information content (AvgIpc) is 2.82. The molecule has 0 atom stereocenters. The lowest BCUT2D eigenvalue weighted by atomic mass is 10.1. The summed E-state index contributed by atoms with van der Waals surface area (Å²) in [7, 11) is 0. The maximum absolute atomic E-state index is 12.9. The number of carbonyl (C=O) groups excluding carboxylic acids is 1. The molecule has 17 heavy (non-hydrogen) atoms. The Morgan fingerprint density at radius 2 is 2.24 bits per heavy atom. The van der Waals surface area contributed by atoms with Crippen LogP contribution in [0.3, 0.4) is 0 Å². The summed E-state index contributed by atoms with van der Waals surface area (Å²) in [5.74, 6) is -0.446. The van der Waals surface area contributed by atoms with Crippen LogP contribution < -0.4 is 5.32 Å². The van der Waals surface area contributed by atoms with Gasteiger partial charge < -0.3 is 9.73 Å². The number of nitrogens with one attached hydrogen (secondary N) is 1. The van der Waals surface area contributed by atoms with Crippen LogP contribution in [0.2, 0.25) is 0 Å². The van der Waals surface area contributed by atoms with E-state index >= 15 is 0 Å². The SMILES string of the molecule is O=C(NCCc1cccc(F)c1)c1ccoc1. The highest BCUT2D eigenvalue weighted by atomic mass is 19.1. The van der Waals surface area contributed by atoms with E-state index in [4.69, 9.17) is 4.42 Å². The largest absolute Gasteiger partial charge is 0.472 e. The average molecular weight is 233 g/mol. The van der Waals surface area contributed by atoms with Crippen molar-refractivity contribution in [3.63, 3.8) is 0 Å². The van der Waals surface area contributed by atoms with Crippen molar-refractivity contribution in [1.29, 1.82) is 0 Å². The van der Waals surface area contributed by atoms with E-state index in [1.165, 1.54) is 24.7 Å². The molecule has 0 aliphatic rings. The van der Waals surface area contributed by atoms with E-state index in [1.54, 1.807) is 12.1 Å². The molecule has 4 heteroatoms. The lowest BCUT2D eigenvalue weighted by Gasteiger charge is -2.03. The van der Waals surface area contributed by atoms with Gasteiger partial charge >= 0.3 is 0 Å². The Labute approximate surface area is 98.3 Å². The normalized spacial score (nSPS) is 10.2. The molecule has 0 saturated heterocycles. The Morgan fingerprint density at radius 1 is 1.35 bits per heavy atom. The van der Waals surface area contributed by atoms with Crippen LogP contribution in [0.1, 0.15) is 15.9 Å². The first-order valence-corrected chi connectivity index (χ1v) is 5.30. The van der Waals surface area contributed by atoms with E-state index in [2.05, 4.69) is 5.32 Å². The predicted molar refractivity (Wildman–Crippen MR) is 61.1 cm³/mol. The Morgan fingerprint density at radius 3 is 2.94 bits per heavy atom. The summed E-state index contributed by atoms with van der Waals surface area (Å²) in [6, 6.07) is 7.94. The van der Waals surface area contributed by atoms with Crippen molar-refractivity contribution in [1.82, 2.24) is 5.32 Å². The van der Waals surface area contributed by atoms with Crippen LogP contribution in [0.25, 0.3) is 0 Å². The van der Waals surface area contributed by atoms with E-state index in [1.807, 2.05) is 6.07 Å². The highest BCUT2D eigenvalue weighted by molar-refractivity contribution is 5.93. The Bertz CT molecular complexity index is 494. The van der Waals surface area contributed by atoms with Gasteiger partial charge in [-0.15, -0.1) is 0 Å². The predicted octanol–water partition coefficient (Wildman–Crippen LogP) is 2.39. The Kier molecular flexibility index (Phi) is 3.55. The van der Waals surface area contributed by atoms with Crippen molar-refractivity contribution >= 4 is 5.91 Å². The van der Waals surface area contributed by atoms with Gasteiger partial charge in [-0.1, -0.05) is 12.1 Å². The van der Waals surface area contributed by atoms with Gasteiger partial charge in [0.1, 0.15) is 12.1 Å². The summed E-state index contributed by atoms with van der Waals surface area (Å²) in [6.07, 6.45) is 3.43. The molecule has 1 aromatic heterocycles. The molecule has 1 N–H and O–H groups in total. The molecule has 0 saturated carbocycles. The molecule has 0 aliphatic carbocycles. The molecule has 1 heterocycles. The number of carbonyl (C=O) groups is 1. The number of hydrogen-bond donors (Lipinski definition) is 1. The minimum absolute atomic E-state index is 0.185. The molecule has 88 valence electrons. The summed E-state index contributed by atoms with van der Waals surface area (Å²) >= 11 is 0. The third-order valence-electron chi connectivity index (χ3n) is 2.37. The lowest BCUT2D eigenvalue weighted by Crippen LogP contribution is -2.25. The highest BCUT2D eigenvalue weighted by Crippen LogP contribution is 2.04. The fourth-order valence-electron chi connectivity index (χ4n) is 1.51. The fraction of sp³-hybridized carbons (Fsp3) is 0.154. The first kappa shape index (κ1) is 11.4. The zero-order valence-electron chi connectivity index (χ0n) is 9.15. The fourth-order valence-corrected chi connectivity index (χ4v) is 1.51. The third-order valence-corrected chi connectivity index (χ3v) is 2.37. The van der Waals surface area contributed by atoms with Crippen LogP contribution in [-0.2, 0) is 6.42 Å². The zero-order chi connectivity index (χ0) is 12.1. The van der Waals surface area contributed by atoms with Crippen molar-refractivity contribution in [2.75, 3.05) is 6.54 Å². The lowest BCUT2D eigenvalue weighted by molar-refractivity contribution is 0.0953. The smallest absolute Gasteiger partial charge is 0.254 e. The van der Waals surface area contributed by atoms with Crippen molar-refractivity contribution < 1.29 is 13.6 Å². The summed E-state index contributed by atoms with van der Waals surface area (Å²) in [5, 5.41) is 2.73. The summed E-state index contributed by atoms with van der Waals surface area (Å²) in [6.45, 7) is 0.466. The van der Waals surface area contributed by atoms with Gasteiger partial charge in [-0.05, 0) is 30.2 Å². The maximum Gasteiger partial charge on any atom is 0.254 e. The molecule has 2 rings (SSSR count). The number of halogens is 1. The first-order chi connectivity index (χ1) is 8.25. The van der Waals surface area contributed by atoms with E-state index in [9.17, 15) is 9.18 Å². The van der Waals surface area contributed by atoms with E-state index in [0.29, 0.717) is 18.5 Å². The second kappa shape index (κ2) is 5.30. The van der Waals surface area contributed by atoms with Crippen LogP contribution in [0.15, 0.2) is 47.3 Å². The van der Waals surface area contributed by atoms with Gasteiger partial charge in [0.2, 0.25) is 0 Å². The zero-order valence-corrected chi connectivity index (χ0v) is 9.15. The highest BCUT2D eigenvalue weighted by Gasteiger charge is 2.05. The van der Waals surface area contributed by atoms with Gasteiger partial charge in [0.25, 0.3) is 5.91 Å². The van der Waals surface area contributed by atoms with Crippen LogP contribution in [-0.4, -0.2) is 12.5 Å². The Balaban J connectivity index is 1.82. The quantitative estimate of drug-likeness (QED) is 0.881. The molecule has 0 fully saturated rings. The van der Waals surface area contributed by atoms with Crippen LogP contribution in [0, 0.1) is 5.82 Å². The monoisotopic (exact) mass is 233 g/mol. The van der Waals surface area contributed by atoms with Gasteiger partial charge in [0, 0.05) is 6.54 Å². The van der Waals surface area contributed by atoms with Crippen molar-refractivity contribution in [2.45, 2.75) is 6.42 Å². The molecule has 1 amide bonds. The molecule has 0 unspecified atom stereocenters. The Hall–Kier alpha value is -2.10. The molecular weight excluding hydrogens is 221 g/mol.